The lowest BCUT2D eigenvalue weighted by Gasteiger charge is -2.22. The molecule has 0 spiro atoms. The lowest BCUT2D eigenvalue weighted by molar-refractivity contribution is 0.0663. The number of fused-ring (bicyclic) bond motifs is 1. The summed E-state index contributed by atoms with van der Waals surface area (Å²) in [6.07, 6.45) is 5.21. The Morgan fingerprint density at radius 2 is 2.07 bits per heavy atom. The maximum Gasteiger partial charge on any atom is 0.327 e. The van der Waals surface area contributed by atoms with Gasteiger partial charge in [0.2, 0.25) is 5.95 Å². The van der Waals surface area contributed by atoms with Crippen molar-refractivity contribution in [2.75, 3.05) is 43.9 Å². The molecule has 9 heteroatoms. The summed E-state index contributed by atoms with van der Waals surface area (Å²) in [5, 5.41) is 6.66. The highest BCUT2D eigenvalue weighted by Gasteiger charge is 2.15. The summed E-state index contributed by atoms with van der Waals surface area (Å²) in [7, 11) is 0. The van der Waals surface area contributed by atoms with Gasteiger partial charge in [-0.2, -0.15) is 9.97 Å². The maximum atomic E-state index is 12.3. The van der Waals surface area contributed by atoms with Crippen molar-refractivity contribution in [1.82, 2.24) is 24.8 Å². The Balaban J connectivity index is 1.57. The summed E-state index contributed by atoms with van der Waals surface area (Å²) in [6, 6.07) is 0. The van der Waals surface area contributed by atoms with Gasteiger partial charge in [-0.1, -0.05) is 13.3 Å². The third-order valence-electron chi connectivity index (χ3n) is 4.97. The molecule has 1 fully saturated rings. The van der Waals surface area contributed by atoms with E-state index in [1.807, 2.05) is 0 Å². The zero-order chi connectivity index (χ0) is 19.1. The second-order valence-electron chi connectivity index (χ2n) is 7.11. The molecule has 0 atom stereocenters. The Hall–Kier alpha value is -2.13. The Labute approximate surface area is 159 Å². The van der Waals surface area contributed by atoms with Crippen LogP contribution in [0.1, 0.15) is 39.0 Å². The van der Waals surface area contributed by atoms with Gasteiger partial charge in [0.1, 0.15) is 5.52 Å². The van der Waals surface area contributed by atoms with E-state index >= 15 is 0 Å². The number of nitrogens with two attached hydrogens (primary N) is 1. The highest BCUT2D eigenvalue weighted by molar-refractivity contribution is 5.82. The van der Waals surface area contributed by atoms with Crippen molar-refractivity contribution >= 4 is 22.9 Å². The third kappa shape index (κ3) is 5.20. The van der Waals surface area contributed by atoms with E-state index in [4.69, 9.17) is 10.5 Å². The minimum Gasteiger partial charge on any atom is -0.382 e. The average Bonchev–Trinajstić information content (AvgIpc) is 2.99. The Bertz CT molecular complexity index is 780. The molecule has 2 aromatic rings. The van der Waals surface area contributed by atoms with Crippen LogP contribution in [-0.2, 0) is 11.3 Å². The first-order valence-electron chi connectivity index (χ1n) is 9.97. The molecule has 5 N–H and O–H groups in total. The average molecular weight is 377 g/mol. The van der Waals surface area contributed by atoms with Gasteiger partial charge in [0.25, 0.3) is 0 Å². The second-order valence-corrected chi connectivity index (χ2v) is 7.11. The molecule has 0 aliphatic carbocycles. The van der Waals surface area contributed by atoms with Gasteiger partial charge < -0.3 is 26.1 Å². The first-order chi connectivity index (χ1) is 13.2. The van der Waals surface area contributed by atoms with E-state index in [1.165, 1.54) is 0 Å². The number of rotatable bonds is 10. The first-order valence-corrected chi connectivity index (χ1v) is 9.97. The van der Waals surface area contributed by atoms with Crippen molar-refractivity contribution in [3.63, 3.8) is 0 Å². The van der Waals surface area contributed by atoms with Crippen LogP contribution < -0.4 is 22.1 Å². The quantitative estimate of drug-likeness (QED) is 0.461. The number of H-pyrrole nitrogens is 1. The van der Waals surface area contributed by atoms with E-state index in [-0.39, 0.29) is 5.69 Å². The van der Waals surface area contributed by atoms with Gasteiger partial charge in [-0.25, -0.2) is 4.79 Å². The van der Waals surface area contributed by atoms with Gasteiger partial charge >= 0.3 is 5.69 Å². The van der Waals surface area contributed by atoms with Gasteiger partial charge in [0.05, 0.1) is 0 Å². The summed E-state index contributed by atoms with van der Waals surface area (Å²) in [4.78, 5) is 23.8. The largest absolute Gasteiger partial charge is 0.382 e. The van der Waals surface area contributed by atoms with Crippen LogP contribution in [0, 0.1) is 5.92 Å². The predicted molar refractivity (Wildman–Crippen MR) is 107 cm³/mol. The molecule has 0 aromatic carbocycles. The predicted octanol–water partition coefficient (Wildman–Crippen LogP) is 1.32. The fourth-order valence-corrected chi connectivity index (χ4v) is 3.33. The van der Waals surface area contributed by atoms with E-state index in [1.54, 1.807) is 4.57 Å². The zero-order valence-corrected chi connectivity index (χ0v) is 16.1. The lowest BCUT2D eigenvalue weighted by atomic mass is 10.0. The topological polar surface area (TPSA) is 123 Å². The Kier molecular flexibility index (Phi) is 7.05. The van der Waals surface area contributed by atoms with Crippen LogP contribution in [0.15, 0.2) is 4.79 Å². The molecule has 9 nitrogen and oxygen atoms in total. The van der Waals surface area contributed by atoms with E-state index < -0.39 is 0 Å². The molecule has 1 saturated heterocycles. The molecular formula is C18H31N7O2. The van der Waals surface area contributed by atoms with Crippen molar-refractivity contribution in [2.24, 2.45) is 5.92 Å². The molecule has 0 saturated carbocycles. The molecule has 150 valence electrons. The Morgan fingerprint density at radius 3 is 2.85 bits per heavy atom. The number of ether oxygens (including phenoxy) is 1. The number of hydrogen-bond donors (Lipinski definition) is 4. The molecule has 1 aliphatic heterocycles. The van der Waals surface area contributed by atoms with Crippen LogP contribution >= 0.6 is 0 Å². The van der Waals surface area contributed by atoms with Gasteiger partial charge in [-0.3, -0.25) is 4.57 Å². The Morgan fingerprint density at radius 1 is 1.26 bits per heavy atom. The van der Waals surface area contributed by atoms with Crippen molar-refractivity contribution < 1.29 is 4.74 Å². The number of nitrogens with one attached hydrogen (secondary N) is 3. The first kappa shape index (κ1) is 19.6. The summed E-state index contributed by atoms with van der Waals surface area (Å²) in [6.45, 7) is 7.10. The van der Waals surface area contributed by atoms with Crippen molar-refractivity contribution in [3.8, 4) is 0 Å². The molecule has 0 unspecified atom stereocenters. The number of nitrogen functional groups attached to an aromatic ring is 1. The number of nitrogens with zero attached hydrogens (tertiary/aromatic N) is 3. The minimum absolute atomic E-state index is 0.193. The van der Waals surface area contributed by atoms with E-state index in [0.29, 0.717) is 35.4 Å². The zero-order valence-electron chi connectivity index (χ0n) is 16.1. The van der Waals surface area contributed by atoms with Gasteiger partial charge in [0.15, 0.2) is 11.5 Å². The van der Waals surface area contributed by atoms with E-state index in [2.05, 4.69) is 32.5 Å². The molecule has 27 heavy (non-hydrogen) atoms. The highest BCUT2D eigenvalue weighted by atomic mass is 16.5. The van der Waals surface area contributed by atoms with Crippen LogP contribution in [0.3, 0.4) is 0 Å². The maximum absolute atomic E-state index is 12.3. The van der Waals surface area contributed by atoms with Crippen molar-refractivity contribution in [1.29, 1.82) is 0 Å². The summed E-state index contributed by atoms with van der Waals surface area (Å²) < 4.78 is 7.03. The SMILES string of the molecule is CCCCNc1nc(N)c2[nH]c(=O)n(CCCNCC3CCOCC3)c2n1. The fraction of sp³-hybridized carbons (Fsp3) is 0.722. The number of imidazole rings is 1. The molecule has 0 amide bonds. The van der Waals surface area contributed by atoms with Crippen molar-refractivity contribution in [3.05, 3.63) is 10.5 Å². The number of aryl methyl sites for hydroxylation is 1. The monoisotopic (exact) mass is 377 g/mol. The van der Waals surface area contributed by atoms with Gasteiger partial charge in [-0.15, -0.1) is 0 Å². The standard InChI is InChI=1S/C18H31N7O2/c1-2-3-8-21-17-23-15(19)14-16(24-17)25(18(26)22-14)9-4-7-20-12-13-5-10-27-11-6-13/h13,20H,2-12H2,1H3,(H,22,26)(H3,19,21,23,24). The fourth-order valence-electron chi connectivity index (χ4n) is 3.33. The number of unbranched alkanes of at least 4 members (excludes halogenated alkanes) is 1. The van der Waals surface area contributed by atoms with Crippen LogP contribution in [0.5, 0.6) is 0 Å². The molecule has 3 rings (SSSR count). The number of hydrogen-bond acceptors (Lipinski definition) is 7. The van der Waals surface area contributed by atoms with E-state index in [0.717, 1.165) is 65.0 Å². The minimum atomic E-state index is -0.193. The van der Waals surface area contributed by atoms with Crippen LogP contribution in [-0.4, -0.2) is 52.4 Å². The normalized spacial score (nSPS) is 15.4. The van der Waals surface area contributed by atoms with Crippen LogP contribution in [0.2, 0.25) is 0 Å². The van der Waals surface area contributed by atoms with Gasteiger partial charge in [0, 0.05) is 26.3 Å². The molecule has 1 aliphatic rings. The number of anilines is 2. The van der Waals surface area contributed by atoms with E-state index in [9.17, 15) is 4.79 Å². The van der Waals surface area contributed by atoms with Gasteiger partial charge in [-0.05, 0) is 44.7 Å². The number of aromatic nitrogens is 4. The molecular weight excluding hydrogens is 346 g/mol. The molecule has 2 aromatic heterocycles. The summed E-state index contributed by atoms with van der Waals surface area (Å²) >= 11 is 0. The highest BCUT2D eigenvalue weighted by Crippen LogP contribution is 2.17. The molecule has 3 heterocycles. The lowest BCUT2D eigenvalue weighted by Crippen LogP contribution is -2.29. The molecule has 0 bridgehead atoms. The second kappa shape index (κ2) is 9.70. The van der Waals surface area contributed by atoms with Crippen LogP contribution in [0.4, 0.5) is 11.8 Å². The van der Waals surface area contributed by atoms with Crippen molar-refractivity contribution in [2.45, 2.75) is 45.6 Å². The van der Waals surface area contributed by atoms with Crippen LogP contribution in [0.25, 0.3) is 11.2 Å². The molecule has 0 radical (unpaired) electrons. The number of aromatic amines is 1. The smallest absolute Gasteiger partial charge is 0.327 e. The summed E-state index contributed by atoms with van der Waals surface area (Å²) in [5.74, 6) is 1.46. The third-order valence-corrected chi connectivity index (χ3v) is 4.97. The summed E-state index contributed by atoms with van der Waals surface area (Å²) in [5.41, 5.74) is 6.89.